The van der Waals surface area contributed by atoms with Crippen LogP contribution in [0.4, 0.5) is 0 Å². The predicted molar refractivity (Wildman–Crippen MR) is 135 cm³/mol. The second-order valence-corrected chi connectivity index (χ2v) is 16.0. The lowest BCUT2D eigenvalue weighted by Gasteiger charge is -2.58. The SMILES string of the molecule is C=C[C@]1(NC(=O)C(Cl)(Cl)Cl)CO[C@@H](OC)[C@H](CCOCc2ccccc2)[C@]1(C)O[Si](C)(C)C. The molecule has 10 heteroatoms. The van der Waals surface area contributed by atoms with Crippen LogP contribution in [0.5, 0.6) is 0 Å². The van der Waals surface area contributed by atoms with Crippen LogP contribution in [0.15, 0.2) is 43.0 Å². The van der Waals surface area contributed by atoms with Gasteiger partial charge in [-0.25, -0.2) is 0 Å². The number of alkyl halides is 3. The van der Waals surface area contributed by atoms with E-state index in [2.05, 4.69) is 31.5 Å². The van der Waals surface area contributed by atoms with Crippen molar-refractivity contribution in [2.45, 2.75) is 60.8 Å². The number of amides is 1. The highest BCUT2D eigenvalue weighted by Gasteiger charge is 2.61. The highest BCUT2D eigenvalue weighted by Crippen LogP contribution is 2.46. The minimum absolute atomic E-state index is 0.0455. The quantitative estimate of drug-likeness (QED) is 0.191. The second kappa shape index (κ2) is 11.4. The molecule has 4 atom stereocenters. The van der Waals surface area contributed by atoms with E-state index < -0.39 is 35.4 Å². The number of benzene rings is 1. The highest BCUT2D eigenvalue weighted by molar-refractivity contribution is 6.76. The molecule has 1 aromatic rings. The van der Waals surface area contributed by atoms with Gasteiger partial charge in [-0.1, -0.05) is 71.2 Å². The molecule has 1 aliphatic heterocycles. The Bertz CT molecular complexity index is 802. The molecular weight excluding hydrogens is 505 g/mol. The van der Waals surface area contributed by atoms with Crippen molar-refractivity contribution in [3.63, 3.8) is 0 Å². The van der Waals surface area contributed by atoms with Crippen molar-refractivity contribution in [2.24, 2.45) is 5.92 Å². The normalized spacial score (nSPS) is 28.4. The van der Waals surface area contributed by atoms with Crippen LogP contribution >= 0.6 is 34.8 Å². The van der Waals surface area contributed by atoms with Crippen molar-refractivity contribution in [3.05, 3.63) is 48.6 Å². The van der Waals surface area contributed by atoms with E-state index in [9.17, 15) is 4.79 Å². The first-order valence-electron chi connectivity index (χ1n) is 10.8. The van der Waals surface area contributed by atoms with Crippen LogP contribution < -0.4 is 5.32 Å². The summed E-state index contributed by atoms with van der Waals surface area (Å²) in [5, 5.41) is 2.85. The van der Waals surface area contributed by atoms with Crippen molar-refractivity contribution >= 4 is 49.0 Å². The van der Waals surface area contributed by atoms with Gasteiger partial charge in [-0.05, 0) is 38.5 Å². The Labute approximate surface area is 213 Å². The Hall–Kier alpha value is -0.643. The van der Waals surface area contributed by atoms with E-state index in [1.54, 1.807) is 13.2 Å². The Kier molecular flexibility index (Phi) is 9.87. The molecule has 1 heterocycles. The number of halogens is 3. The fourth-order valence-corrected chi connectivity index (χ4v) is 5.98. The van der Waals surface area contributed by atoms with E-state index >= 15 is 0 Å². The summed E-state index contributed by atoms with van der Waals surface area (Å²) in [4.78, 5) is 12.7. The summed E-state index contributed by atoms with van der Waals surface area (Å²) < 4.78 is 22.2. The number of methoxy groups -OCH3 is 1. The van der Waals surface area contributed by atoms with Gasteiger partial charge in [0.25, 0.3) is 9.70 Å². The molecule has 0 aliphatic carbocycles. The van der Waals surface area contributed by atoms with Crippen LogP contribution in [0, 0.1) is 5.92 Å². The van der Waals surface area contributed by atoms with E-state index in [1.165, 1.54) is 0 Å². The zero-order valence-electron chi connectivity index (χ0n) is 19.8. The summed E-state index contributed by atoms with van der Waals surface area (Å²) in [6.45, 7) is 13.1. The zero-order valence-corrected chi connectivity index (χ0v) is 23.1. The van der Waals surface area contributed by atoms with Gasteiger partial charge in [0.15, 0.2) is 14.6 Å². The first kappa shape index (κ1) is 28.6. The van der Waals surface area contributed by atoms with E-state index in [-0.39, 0.29) is 12.5 Å². The monoisotopic (exact) mass is 537 g/mol. The lowest BCUT2D eigenvalue weighted by Crippen LogP contribution is -2.75. The van der Waals surface area contributed by atoms with Crippen molar-refractivity contribution in [2.75, 3.05) is 20.3 Å². The van der Waals surface area contributed by atoms with Crippen molar-refractivity contribution < 1.29 is 23.4 Å². The molecule has 0 saturated carbocycles. The molecule has 6 nitrogen and oxygen atoms in total. The third-order valence-electron chi connectivity index (χ3n) is 5.77. The van der Waals surface area contributed by atoms with E-state index in [0.717, 1.165) is 5.56 Å². The van der Waals surface area contributed by atoms with Crippen molar-refractivity contribution in [1.29, 1.82) is 0 Å². The van der Waals surface area contributed by atoms with Gasteiger partial charge >= 0.3 is 0 Å². The first-order valence-corrected chi connectivity index (χ1v) is 15.3. The summed E-state index contributed by atoms with van der Waals surface area (Å²) in [7, 11) is -0.572. The number of rotatable bonds is 10. The van der Waals surface area contributed by atoms with Crippen molar-refractivity contribution in [1.82, 2.24) is 5.32 Å². The second-order valence-electron chi connectivity index (χ2n) is 9.30. The van der Waals surface area contributed by atoms with Crippen LogP contribution in [0.25, 0.3) is 0 Å². The molecular formula is C23H34Cl3NO5Si. The van der Waals surface area contributed by atoms with Gasteiger partial charge in [-0.2, -0.15) is 0 Å². The number of nitrogens with one attached hydrogen (secondary N) is 1. The minimum atomic E-state index is -2.15. The van der Waals surface area contributed by atoms with E-state index in [4.69, 9.17) is 53.4 Å². The van der Waals surface area contributed by atoms with E-state index in [0.29, 0.717) is 19.6 Å². The maximum atomic E-state index is 12.7. The molecule has 0 radical (unpaired) electrons. The molecule has 2 rings (SSSR count). The van der Waals surface area contributed by atoms with Crippen LogP contribution in [0.1, 0.15) is 18.9 Å². The van der Waals surface area contributed by atoms with Crippen LogP contribution in [-0.2, 0) is 30.0 Å². The fraction of sp³-hybridized carbons (Fsp3) is 0.609. The highest BCUT2D eigenvalue weighted by atomic mass is 35.6. The summed E-state index contributed by atoms with van der Waals surface area (Å²) in [6.07, 6.45) is 1.57. The Balaban J connectivity index is 2.34. The molecule has 1 N–H and O–H groups in total. The summed E-state index contributed by atoms with van der Waals surface area (Å²) in [5.41, 5.74) is -1.05. The summed E-state index contributed by atoms with van der Waals surface area (Å²) in [5.74, 6) is -1.09. The molecule has 1 fully saturated rings. The Morgan fingerprint density at radius 1 is 1.30 bits per heavy atom. The number of hydrogen-bond acceptors (Lipinski definition) is 5. The summed E-state index contributed by atoms with van der Waals surface area (Å²) >= 11 is 17.6. The third kappa shape index (κ3) is 7.18. The van der Waals surface area contributed by atoms with Crippen LogP contribution in [0.3, 0.4) is 0 Å². The standard InChI is InChI=1S/C23H34Cl3NO5Si/c1-7-22(27-20(28)23(24,25)26)16-31-19(29-3)18(21(22,2)32-33(4,5)6)13-14-30-15-17-11-9-8-10-12-17/h7-12,18-19H,1,13-16H2,2-6H3,(H,27,28)/t18-,19+,21-,22-/m0/s1. The van der Waals surface area contributed by atoms with Gasteiger partial charge in [-0.3, -0.25) is 4.79 Å². The average Bonchev–Trinajstić information content (AvgIpc) is 2.72. The number of carbonyl (C=O) groups is 1. The number of hydrogen-bond donors (Lipinski definition) is 1. The largest absolute Gasteiger partial charge is 0.409 e. The third-order valence-corrected chi connectivity index (χ3v) is 7.33. The van der Waals surface area contributed by atoms with Gasteiger partial charge in [0.05, 0.1) is 18.8 Å². The van der Waals surface area contributed by atoms with Gasteiger partial charge in [-0.15, -0.1) is 6.58 Å². The minimum Gasteiger partial charge on any atom is -0.409 e. The maximum Gasteiger partial charge on any atom is 0.273 e. The van der Waals surface area contributed by atoms with Gasteiger partial charge in [0, 0.05) is 19.6 Å². The first-order chi connectivity index (χ1) is 15.3. The Morgan fingerprint density at radius 2 is 1.94 bits per heavy atom. The van der Waals surface area contributed by atoms with Gasteiger partial charge in [0.1, 0.15) is 5.54 Å². The predicted octanol–water partition coefficient (Wildman–Crippen LogP) is 5.23. The molecule has 1 saturated heterocycles. The van der Waals surface area contributed by atoms with Crippen LogP contribution in [-0.4, -0.2) is 55.8 Å². The molecule has 0 aromatic heterocycles. The zero-order chi connectivity index (χ0) is 24.9. The lowest BCUT2D eigenvalue weighted by atomic mass is 9.69. The van der Waals surface area contributed by atoms with E-state index in [1.807, 2.05) is 37.3 Å². The maximum absolute atomic E-state index is 12.7. The molecule has 0 spiro atoms. The molecule has 0 unspecified atom stereocenters. The molecule has 1 aliphatic rings. The van der Waals surface area contributed by atoms with Crippen molar-refractivity contribution in [3.8, 4) is 0 Å². The average molecular weight is 539 g/mol. The molecule has 1 aromatic carbocycles. The number of ether oxygens (including phenoxy) is 3. The topological polar surface area (TPSA) is 66.0 Å². The van der Waals surface area contributed by atoms with Gasteiger partial charge < -0.3 is 24.0 Å². The molecule has 186 valence electrons. The number of carbonyl (C=O) groups excluding carboxylic acids is 1. The van der Waals surface area contributed by atoms with Gasteiger partial charge in [0.2, 0.25) is 0 Å². The smallest absolute Gasteiger partial charge is 0.273 e. The molecule has 33 heavy (non-hydrogen) atoms. The van der Waals surface area contributed by atoms with Crippen LogP contribution in [0.2, 0.25) is 19.6 Å². The fourth-order valence-electron chi connectivity index (χ4n) is 4.23. The molecule has 0 bridgehead atoms. The Morgan fingerprint density at radius 3 is 2.45 bits per heavy atom. The molecule has 1 amide bonds. The lowest BCUT2D eigenvalue weighted by molar-refractivity contribution is -0.260. The summed E-state index contributed by atoms with van der Waals surface area (Å²) in [6, 6.07) is 9.92.